The molecule has 2 atom stereocenters. The van der Waals surface area contributed by atoms with Crippen LogP contribution >= 0.6 is 0 Å². The lowest BCUT2D eigenvalue weighted by Gasteiger charge is -2.34. The van der Waals surface area contributed by atoms with E-state index in [9.17, 15) is 23.9 Å². The SMILES string of the molecule is Cc1cc(-c2c(C)cccc2C)cc([C@@H](CCC(=O)[C@H](CC(C)C)n2nc(CCN3CC(F)C3)cc(C)c2=O)CC(=O)O)c1F. The highest BCUT2D eigenvalue weighted by atomic mass is 19.1. The fourth-order valence-electron chi connectivity index (χ4n) is 6.38. The molecule has 1 fully saturated rings. The number of carbonyl (C=O) groups excluding carboxylic acids is 1. The number of carboxylic acid groups (broad SMARTS) is 1. The number of hydrogen-bond acceptors (Lipinski definition) is 5. The first kappa shape index (κ1) is 34.2. The van der Waals surface area contributed by atoms with E-state index in [0.717, 1.165) is 22.3 Å². The number of alkyl halides is 1. The van der Waals surface area contributed by atoms with Crippen molar-refractivity contribution in [1.29, 1.82) is 0 Å². The minimum atomic E-state index is -1.08. The van der Waals surface area contributed by atoms with Gasteiger partial charge in [0.25, 0.3) is 5.56 Å². The Hall–Kier alpha value is -3.72. The molecular formula is C36H45F2N3O4. The zero-order valence-corrected chi connectivity index (χ0v) is 27.2. The third-order valence-corrected chi connectivity index (χ3v) is 8.78. The fourth-order valence-corrected chi connectivity index (χ4v) is 6.38. The van der Waals surface area contributed by atoms with Gasteiger partial charge in [-0.2, -0.15) is 5.10 Å². The minimum absolute atomic E-state index is 0.0372. The fraction of sp³-hybridized carbons (Fsp3) is 0.500. The Bertz CT molecular complexity index is 1590. The average Bonchev–Trinajstić information content (AvgIpc) is 2.94. The lowest BCUT2D eigenvalue weighted by molar-refractivity contribution is -0.137. The van der Waals surface area contributed by atoms with Gasteiger partial charge >= 0.3 is 5.97 Å². The smallest absolute Gasteiger partial charge is 0.303 e. The monoisotopic (exact) mass is 621 g/mol. The van der Waals surface area contributed by atoms with E-state index in [4.69, 9.17) is 0 Å². The summed E-state index contributed by atoms with van der Waals surface area (Å²) in [5.74, 6) is -2.46. The topological polar surface area (TPSA) is 92.5 Å². The standard InChI is InChI=1S/C36H45F2N3O4/c1-21(2)14-31(41-36(45)25(6)16-29(39-41)12-13-40-19-28(37)20-40)32(42)11-10-26(18-33(43)44)30-17-27(15-24(5)35(30)38)34-22(3)8-7-9-23(34)4/h7-9,15-17,21,26,28,31H,10-14,18-20H2,1-6H3,(H,43,44)/t26-,31-/m0/s1. The normalized spacial score (nSPS) is 15.2. The third kappa shape index (κ3) is 8.31. The number of nitrogens with zero attached hydrogens (tertiary/aromatic N) is 3. The van der Waals surface area contributed by atoms with Crippen LogP contribution in [-0.4, -0.2) is 57.3 Å². The highest BCUT2D eigenvalue weighted by molar-refractivity contribution is 5.82. The number of likely N-dealkylation sites (tertiary alicyclic amines) is 1. The Kier molecular flexibility index (Phi) is 11.1. The second-order valence-electron chi connectivity index (χ2n) is 13.1. The molecule has 0 radical (unpaired) electrons. The van der Waals surface area contributed by atoms with Gasteiger partial charge in [0.1, 0.15) is 18.0 Å². The van der Waals surface area contributed by atoms with Gasteiger partial charge < -0.3 is 5.11 Å². The van der Waals surface area contributed by atoms with Crippen molar-refractivity contribution in [3.63, 3.8) is 0 Å². The van der Waals surface area contributed by atoms with Crippen LogP contribution in [0.4, 0.5) is 8.78 Å². The lowest BCUT2D eigenvalue weighted by atomic mass is 9.84. The van der Waals surface area contributed by atoms with Crippen LogP contribution in [0.15, 0.2) is 41.2 Å². The molecule has 9 heteroatoms. The molecule has 1 N–H and O–H groups in total. The number of benzene rings is 2. The molecule has 0 unspecified atom stereocenters. The molecule has 1 saturated heterocycles. The molecule has 0 amide bonds. The number of carbonyl (C=O) groups is 2. The van der Waals surface area contributed by atoms with Crippen LogP contribution in [0.25, 0.3) is 11.1 Å². The van der Waals surface area contributed by atoms with Gasteiger partial charge in [0.15, 0.2) is 5.78 Å². The molecule has 1 aromatic heterocycles. The zero-order chi connectivity index (χ0) is 33.0. The zero-order valence-electron chi connectivity index (χ0n) is 27.2. The van der Waals surface area contributed by atoms with E-state index in [2.05, 4.69) is 5.10 Å². The molecule has 45 heavy (non-hydrogen) atoms. The quantitative estimate of drug-likeness (QED) is 0.216. The predicted octanol–water partition coefficient (Wildman–Crippen LogP) is 6.67. The van der Waals surface area contributed by atoms with Crippen LogP contribution in [0, 0.1) is 39.4 Å². The van der Waals surface area contributed by atoms with Crippen molar-refractivity contribution in [2.24, 2.45) is 5.92 Å². The summed E-state index contributed by atoms with van der Waals surface area (Å²) < 4.78 is 30.2. The molecule has 2 aromatic carbocycles. The van der Waals surface area contributed by atoms with E-state index in [1.165, 1.54) is 4.68 Å². The molecule has 4 rings (SSSR count). The van der Waals surface area contributed by atoms with Gasteiger partial charge in [-0.05, 0) is 104 Å². The molecule has 0 saturated carbocycles. The van der Waals surface area contributed by atoms with Crippen molar-refractivity contribution in [2.45, 2.75) is 91.8 Å². The van der Waals surface area contributed by atoms with Gasteiger partial charge in [0.2, 0.25) is 0 Å². The van der Waals surface area contributed by atoms with Crippen molar-refractivity contribution in [3.05, 3.63) is 86.1 Å². The first-order valence-corrected chi connectivity index (χ1v) is 15.8. The molecule has 242 valence electrons. The summed E-state index contributed by atoms with van der Waals surface area (Å²) in [6.45, 7) is 12.6. The van der Waals surface area contributed by atoms with Crippen LogP contribution in [0.5, 0.6) is 0 Å². The van der Waals surface area contributed by atoms with E-state index < -0.39 is 29.9 Å². The van der Waals surface area contributed by atoms with E-state index in [1.54, 1.807) is 32.0 Å². The Balaban J connectivity index is 1.63. The van der Waals surface area contributed by atoms with Crippen LogP contribution in [-0.2, 0) is 16.0 Å². The van der Waals surface area contributed by atoms with E-state index in [-0.39, 0.29) is 42.1 Å². The summed E-state index contributed by atoms with van der Waals surface area (Å²) in [4.78, 5) is 41.1. The number of rotatable bonds is 14. The molecule has 3 aromatic rings. The van der Waals surface area contributed by atoms with E-state index in [0.29, 0.717) is 49.3 Å². The van der Waals surface area contributed by atoms with Gasteiger partial charge in [-0.25, -0.2) is 13.5 Å². The molecule has 7 nitrogen and oxygen atoms in total. The number of ketones is 1. The maximum absolute atomic E-state index is 15.7. The summed E-state index contributed by atoms with van der Waals surface area (Å²) in [7, 11) is 0. The van der Waals surface area contributed by atoms with Gasteiger partial charge in [0.05, 0.1) is 12.1 Å². The Labute approximate surface area is 264 Å². The number of aromatic nitrogens is 2. The molecule has 0 aliphatic carbocycles. The van der Waals surface area contributed by atoms with Gasteiger partial charge in [-0.15, -0.1) is 0 Å². The maximum atomic E-state index is 15.7. The third-order valence-electron chi connectivity index (χ3n) is 8.78. The van der Waals surface area contributed by atoms with Crippen LogP contribution in [0.3, 0.4) is 0 Å². The number of hydrogen-bond donors (Lipinski definition) is 1. The summed E-state index contributed by atoms with van der Waals surface area (Å²) in [5.41, 5.74) is 5.30. The average molecular weight is 622 g/mol. The summed E-state index contributed by atoms with van der Waals surface area (Å²) in [6.07, 6.45) is -0.171. The van der Waals surface area contributed by atoms with Crippen LogP contribution in [0.1, 0.15) is 85.0 Å². The highest BCUT2D eigenvalue weighted by Crippen LogP contribution is 2.36. The highest BCUT2D eigenvalue weighted by Gasteiger charge is 2.29. The van der Waals surface area contributed by atoms with Gasteiger partial charge in [-0.3, -0.25) is 19.3 Å². The largest absolute Gasteiger partial charge is 0.481 e. The summed E-state index contributed by atoms with van der Waals surface area (Å²) >= 11 is 0. The van der Waals surface area contributed by atoms with Crippen LogP contribution < -0.4 is 5.56 Å². The number of carboxylic acids is 1. The van der Waals surface area contributed by atoms with Crippen molar-refractivity contribution < 1.29 is 23.5 Å². The van der Waals surface area contributed by atoms with Crippen molar-refractivity contribution >= 4 is 11.8 Å². The number of aliphatic carboxylic acids is 1. The molecule has 2 heterocycles. The Morgan fingerprint density at radius 1 is 1.02 bits per heavy atom. The number of aryl methyl sites for hydroxylation is 4. The van der Waals surface area contributed by atoms with E-state index in [1.807, 2.05) is 50.8 Å². The Morgan fingerprint density at radius 3 is 2.29 bits per heavy atom. The van der Waals surface area contributed by atoms with Gasteiger partial charge in [0, 0.05) is 38.0 Å². The van der Waals surface area contributed by atoms with Crippen molar-refractivity contribution in [3.8, 4) is 11.1 Å². The molecular weight excluding hydrogens is 576 g/mol. The van der Waals surface area contributed by atoms with Crippen LogP contribution in [0.2, 0.25) is 0 Å². The Morgan fingerprint density at radius 2 is 1.69 bits per heavy atom. The maximum Gasteiger partial charge on any atom is 0.303 e. The summed E-state index contributed by atoms with van der Waals surface area (Å²) in [6, 6.07) is 10.3. The summed E-state index contributed by atoms with van der Waals surface area (Å²) in [5, 5.41) is 14.4. The van der Waals surface area contributed by atoms with E-state index >= 15 is 4.39 Å². The number of halogens is 2. The number of Topliss-reactive ketones (excluding diaryl/α,β-unsaturated/α-hetero) is 1. The molecule has 1 aliphatic rings. The minimum Gasteiger partial charge on any atom is -0.481 e. The molecule has 1 aliphatic heterocycles. The van der Waals surface area contributed by atoms with Gasteiger partial charge in [-0.1, -0.05) is 32.0 Å². The first-order valence-electron chi connectivity index (χ1n) is 15.8. The predicted molar refractivity (Wildman–Crippen MR) is 172 cm³/mol. The second kappa shape index (κ2) is 14.6. The molecule has 0 bridgehead atoms. The lowest BCUT2D eigenvalue weighted by Crippen LogP contribution is -2.49. The second-order valence-corrected chi connectivity index (χ2v) is 13.1. The molecule has 0 spiro atoms. The first-order chi connectivity index (χ1) is 21.2. The van der Waals surface area contributed by atoms with Crippen molar-refractivity contribution in [2.75, 3.05) is 19.6 Å². The van der Waals surface area contributed by atoms with Crippen molar-refractivity contribution in [1.82, 2.24) is 14.7 Å².